The van der Waals surface area contributed by atoms with Crippen molar-refractivity contribution in [2.24, 2.45) is 0 Å². The molecule has 0 saturated carbocycles. The predicted octanol–water partition coefficient (Wildman–Crippen LogP) is 2.52. The summed E-state index contributed by atoms with van der Waals surface area (Å²) in [5.74, 6) is -2.95. The topological polar surface area (TPSA) is 65.6 Å². The van der Waals surface area contributed by atoms with Crippen molar-refractivity contribution >= 4 is 17.3 Å². The molecule has 0 aliphatic carbocycles. The minimum Gasteiger partial charge on any atom is -0.494 e. The molecule has 0 aromatic heterocycles. The molecule has 3 N–H and O–H groups in total. The number of hydrogen-bond donors (Lipinski definition) is 3. The first-order valence-electron chi connectivity index (χ1n) is 9.34. The summed E-state index contributed by atoms with van der Waals surface area (Å²) >= 11 is 0. The Kier molecular flexibility index (Phi) is 5.33. The van der Waals surface area contributed by atoms with Crippen LogP contribution >= 0.6 is 0 Å². The van der Waals surface area contributed by atoms with Gasteiger partial charge in [0.25, 0.3) is 0 Å². The Morgan fingerprint density at radius 1 is 1.10 bits per heavy atom. The number of hydrogen-bond acceptors (Lipinski definition) is 5. The van der Waals surface area contributed by atoms with Crippen LogP contribution in [0.5, 0.6) is 5.75 Å². The van der Waals surface area contributed by atoms with Crippen LogP contribution in [-0.4, -0.2) is 38.7 Å². The molecule has 2 aliphatic heterocycles. The van der Waals surface area contributed by atoms with Gasteiger partial charge in [0, 0.05) is 37.3 Å². The lowest BCUT2D eigenvalue weighted by Gasteiger charge is -2.20. The Morgan fingerprint density at radius 3 is 2.59 bits per heavy atom. The molecular formula is C20H21F3N4O2. The largest absolute Gasteiger partial charge is 0.494 e. The van der Waals surface area contributed by atoms with Crippen molar-refractivity contribution in [3.63, 3.8) is 0 Å². The number of ether oxygens (including phenoxy) is 1. The Bertz CT molecular complexity index is 934. The van der Waals surface area contributed by atoms with Crippen molar-refractivity contribution in [2.45, 2.75) is 18.4 Å². The van der Waals surface area contributed by atoms with Gasteiger partial charge in [0.15, 0.2) is 23.2 Å². The highest BCUT2D eigenvalue weighted by Crippen LogP contribution is 2.32. The van der Waals surface area contributed by atoms with Crippen LogP contribution in [0.25, 0.3) is 0 Å². The molecule has 0 bridgehead atoms. The highest BCUT2D eigenvalue weighted by atomic mass is 19.2. The minimum absolute atomic E-state index is 0.0527. The summed E-state index contributed by atoms with van der Waals surface area (Å²) in [5.41, 5.74) is 6.50. The van der Waals surface area contributed by atoms with E-state index in [-0.39, 0.29) is 35.4 Å². The van der Waals surface area contributed by atoms with Crippen LogP contribution in [0, 0.1) is 17.5 Å². The van der Waals surface area contributed by atoms with E-state index in [0.717, 1.165) is 0 Å². The number of anilines is 2. The number of halogens is 3. The smallest absolute Gasteiger partial charge is 0.249 e. The Labute approximate surface area is 166 Å². The molecule has 9 heteroatoms. The minimum atomic E-state index is -1.02. The van der Waals surface area contributed by atoms with Crippen LogP contribution in [0.15, 0.2) is 30.3 Å². The zero-order valence-corrected chi connectivity index (χ0v) is 15.8. The zero-order valence-electron chi connectivity index (χ0n) is 15.8. The maximum Gasteiger partial charge on any atom is 0.249 e. The maximum atomic E-state index is 14.7. The van der Waals surface area contributed by atoms with Crippen LogP contribution in [-0.2, 0) is 4.79 Å². The molecule has 1 atom stereocenters. The third-order valence-corrected chi connectivity index (χ3v) is 5.34. The Balaban J connectivity index is 1.52. The van der Waals surface area contributed by atoms with Crippen LogP contribution in [0.1, 0.15) is 17.9 Å². The van der Waals surface area contributed by atoms with Gasteiger partial charge in [-0.2, -0.15) is 0 Å². The van der Waals surface area contributed by atoms with Crippen molar-refractivity contribution in [3.05, 3.63) is 53.3 Å². The number of methoxy groups -OCH3 is 1. The fourth-order valence-corrected chi connectivity index (χ4v) is 3.76. The second-order valence-electron chi connectivity index (χ2n) is 7.09. The monoisotopic (exact) mass is 406 g/mol. The lowest BCUT2D eigenvalue weighted by atomic mass is 9.99. The molecule has 2 fully saturated rings. The van der Waals surface area contributed by atoms with E-state index in [2.05, 4.69) is 16.2 Å². The van der Waals surface area contributed by atoms with Gasteiger partial charge < -0.3 is 15.0 Å². The Morgan fingerprint density at radius 2 is 1.86 bits per heavy atom. The zero-order chi connectivity index (χ0) is 20.5. The standard InChI is InChI=1S/C20H21F3N4O2/c1-29-17-8-12(2-4-14(17)21)26-15-6-7-27(20(15)28)16-5-3-13(18(22)19(16)23)11-9-24-25-10-11/h2-5,8,11,15,24-26H,6-7,9-10H2,1H3. The molecule has 2 aromatic rings. The first-order valence-corrected chi connectivity index (χ1v) is 9.34. The van der Waals surface area contributed by atoms with Crippen molar-refractivity contribution in [2.75, 3.05) is 37.0 Å². The summed E-state index contributed by atoms with van der Waals surface area (Å²) in [6.45, 7) is 1.26. The van der Waals surface area contributed by atoms with E-state index < -0.39 is 23.5 Å². The van der Waals surface area contributed by atoms with Gasteiger partial charge in [-0.3, -0.25) is 15.6 Å². The predicted molar refractivity (Wildman–Crippen MR) is 102 cm³/mol. The number of carbonyl (C=O) groups is 1. The third kappa shape index (κ3) is 3.63. The average Bonchev–Trinajstić information content (AvgIpc) is 3.37. The quantitative estimate of drug-likeness (QED) is 0.712. The van der Waals surface area contributed by atoms with Gasteiger partial charge in [0.05, 0.1) is 12.8 Å². The number of amides is 1. The van der Waals surface area contributed by atoms with Crippen molar-refractivity contribution < 1.29 is 22.7 Å². The molecule has 2 aliphatic rings. The molecule has 29 heavy (non-hydrogen) atoms. The first kappa shape index (κ1) is 19.5. The van der Waals surface area contributed by atoms with Crippen molar-refractivity contribution in [1.82, 2.24) is 10.9 Å². The van der Waals surface area contributed by atoms with Gasteiger partial charge in [-0.25, -0.2) is 13.2 Å². The summed E-state index contributed by atoms with van der Waals surface area (Å²) in [7, 11) is 1.35. The molecule has 1 unspecified atom stereocenters. The van der Waals surface area contributed by atoms with E-state index in [1.54, 1.807) is 0 Å². The molecule has 4 rings (SSSR count). The highest BCUT2D eigenvalue weighted by Gasteiger charge is 2.35. The molecule has 2 saturated heterocycles. The summed E-state index contributed by atoms with van der Waals surface area (Å²) in [6, 6.07) is 6.53. The van der Waals surface area contributed by atoms with E-state index in [1.165, 1.54) is 42.3 Å². The molecule has 1 amide bonds. The van der Waals surface area contributed by atoms with Gasteiger partial charge in [-0.1, -0.05) is 6.07 Å². The molecule has 6 nitrogen and oxygen atoms in total. The molecule has 0 spiro atoms. The second-order valence-corrected chi connectivity index (χ2v) is 7.09. The van der Waals surface area contributed by atoms with Gasteiger partial charge in [-0.05, 0) is 30.2 Å². The fraction of sp³-hybridized carbons (Fsp3) is 0.350. The van der Waals surface area contributed by atoms with E-state index in [9.17, 15) is 18.0 Å². The van der Waals surface area contributed by atoms with Gasteiger partial charge in [0.1, 0.15) is 6.04 Å². The molecule has 2 heterocycles. The number of nitrogens with one attached hydrogen (secondary N) is 3. The van der Waals surface area contributed by atoms with E-state index >= 15 is 0 Å². The summed E-state index contributed by atoms with van der Waals surface area (Å²) < 4.78 is 47.9. The number of nitrogens with zero attached hydrogens (tertiary/aromatic N) is 1. The average molecular weight is 406 g/mol. The summed E-state index contributed by atoms with van der Waals surface area (Å²) in [6.07, 6.45) is 0.401. The van der Waals surface area contributed by atoms with Crippen molar-refractivity contribution in [1.29, 1.82) is 0 Å². The number of hydrazine groups is 1. The van der Waals surface area contributed by atoms with Gasteiger partial charge in [0.2, 0.25) is 5.91 Å². The second kappa shape index (κ2) is 7.92. The van der Waals surface area contributed by atoms with E-state index in [0.29, 0.717) is 25.2 Å². The number of benzene rings is 2. The first-order chi connectivity index (χ1) is 14.0. The lowest BCUT2D eigenvalue weighted by molar-refractivity contribution is -0.117. The van der Waals surface area contributed by atoms with Crippen LogP contribution < -0.4 is 25.8 Å². The van der Waals surface area contributed by atoms with E-state index in [4.69, 9.17) is 4.74 Å². The van der Waals surface area contributed by atoms with Crippen molar-refractivity contribution in [3.8, 4) is 5.75 Å². The lowest BCUT2D eigenvalue weighted by Crippen LogP contribution is -2.34. The van der Waals surface area contributed by atoms with E-state index in [1.807, 2.05) is 0 Å². The normalized spacial score (nSPS) is 19.8. The fourth-order valence-electron chi connectivity index (χ4n) is 3.76. The SMILES string of the molecule is COc1cc(NC2CCN(c3ccc(C4CNNC4)c(F)c3F)C2=O)ccc1F. The molecular weight excluding hydrogens is 385 g/mol. The summed E-state index contributed by atoms with van der Waals surface area (Å²) in [5, 5.41) is 3.01. The van der Waals surface area contributed by atoms with Crippen LogP contribution in [0.4, 0.5) is 24.5 Å². The molecule has 0 radical (unpaired) electrons. The van der Waals surface area contributed by atoms with Crippen LogP contribution in [0.2, 0.25) is 0 Å². The molecule has 154 valence electrons. The molecule has 2 aromatic carbocycles. The van der Waals surface area contributed by atoms with Gasteiger partial charge >= 0.3 is 0 Å². The van der Waals surface area contributed by atoms with Crippen LogP contribution in [0.3, 0.4) is 0 Å². The third-order valence-electron chi connectivity index (χ3n) is 5.34. The highest BCUT2D eigenvalue weighted by molar-refractivity contribution is 6.01. The Hall–Kier alpha value is -2.78. The maximum absolute atomic E-state index is 14.7. The van der Waals surface area contributed by atoms with Gasteiger partial charge in [-0.15, -0.1) is 0 Å². The number of rotatable bonds is 5. The summed E-state index contributed by atoms with van der Waals surface area (Å²) in [4.78, 5) is 14.0. The number of carbonyl (C=O) groups excluding carboxylic acids is 1.